The molecule has 3 N–H and O–H groups in total. The van der Waals surface area contributed by atoms with Crippen LogP contribution in [0.15, 0.2) is 53.7 Å². The van der Waals surface area contributed by atoms with E-state index in [-0.39, 0.29) is 17.7 Å². The molecular formula is C20H20N4O2S. The molecule has 1 aliphatic carbocycles. The van der Waals surface area contributed by atoms with Crippen LogP contribution < -0.4 is 10.9 Å². The standard InChI is InChI=1S/C20H20N4O2S/c25-18(14-4-3-5-14)23-24-19(26)15-10-8-13(9-11-15)12-27-20-21-16-6-1-2-7-17(16)22-20/h1-2,6-11,14H,3-5,12H2,(H,21,22)(H,23,25)(H,24,26). The van der Waals surface area contributed by atoms with Crippen LogP contribution in [0.1, 0.15) is 35.2 Å². The van der Waals surface area contributed by atoms with Crippen molar-refractivity contribution >= 4 is 34.6 Å². The molecule has 1 fully saturated rings. The van der Waals surface area contributed by atoms with Crippen LogP contribution in [0.4, 0.5) is 0 Å². The molecule has 7 heteroatoms. The highest BCUT2D eigenvalue weighted by Gasteiger charge is 2.25. The van der Waals surface area contributed by atoms with Crippen molar-refractivity contribution in [1.29, 1.82) is 0 Å². The van der Waals surface area contributed by atoms with E-state index in [2.05, 4.69) is 20.8 Å². The highest BCUT2D eigenvalue weighted by molar-refractivity contribution is 7.98. The second kappa shape index (κ2) is 7.84. The molecule has 6 nitrogen and oxygen atoms in total. The summed E-state index contributed by atoms with van der Waals surface area (Å²) >= 11 is 1.62. The van der Waals surface area contributed by atoms with E-state index in [1.807, 2.05) is 36.4 Å². The van der Waals surface area contributed by atoms with E-state index in [1.54, 1.807) is 23.9 Å². The molecule has 0 radical (unpaired) electrons. The Morgan fingerprint density at radius 3 is 2.56 bits per heavy atom. The number of carbonyl (C=O) groups is 2. The molecule has 27 heavy (non-hydrogen) atoms. The number of fused-ring (bicyclic) bond motifs is 1. The van der Waals surface area contributed by atoms with Crippen LogP contribution in [0.25, 0.3) is 11.0 Å². The van der Waals surface area contributed by atoms with Gasteiger partial charge in [-0.2, -0.15) is 0 Å². The lowest BCUT2D eigenvalue weighted by molar-refractivity contribution is -0.128. The lowest BCUT2D eigenvalue weighted by Crippen LogP contribution is -2.46. The van der Waals surface area contributed by atoms with E-state index in [1.165, 1.54) is 0 Å². The Morgan fingerprint density at radius 1 is 1.07 bits per heavy atom. The number of H-pyrrole nitrogens is 1. The van der Waals surface area contributed by atoms with Gasteiger partial charge >= 0.3 is 0 Å². The van der Waals surface area contributed by atoms with Gasteiger partial charge in [0.05, 0.1) is 11.0 Å². The average Bonchev–Trinajstić information content (AvgIpc) is 3.06. The number of nitrogens with zero attached hydrogens (tertiary/aromatic N) is 1. The molecule has 3 aromatic rings. The molecule has 138 valence electrons. The summed E-state index contributed by atoms with van der Waals surface area (Å²) in [6.07, 6.45) is 2.89. The van der Waals surface area contributed by atoms with Crippen LogP contribution in [0.2, 0.25) is 0 Å². The fourth-order valence-electron chi connectivity index (χ4n) is 2.86. The molecule has 0 bridgehead atoms. The van der Waals surface area contributed by atoms with Crippen molar-refractivity contribution in [2.24, 2.45) is 5.92 Å². The van der Waals surface area contributed by atoms with Crippen molar-refractivity contribution in [3.05, 3.63) is 59.7 Å². The summed E-state index contributed by atoms with van der Waals surface area (Å²) in [5.74, 6) is 0.385. The van der Waals surface area contributed by atoms with Gasteiger partial charge in [0.25, 0.3) is 5.91 Å². The number of rotatable bonds is 5. The Hall–Kier alpha value is -2.80. The lowest BCUT2D eigenvalue weighted by Gasteiger charge is -2.23. The van der Waals surface area contributed by atoms with Gasteiger partial charge < -0.3 is 4.98 Å². The van der Waals surface area contributed by atoms with Crippen molar-refractivity contribution < 1.29 is 9.59 Å². The first kappa shape index (κ1) is 17.6. The third-order valence-corrected chi connectivity index (χ3v) is 5.68. The quantitative estimate of drug-likeness (QED) is 0.468. The number of imidazole rings is 1. The molecule has 4 rings (SSSR count). The van der Waals surface area contributed by atoms with Crippen LogP contribution in [0.3, 0.4) is 0 Å². The number of nitrogens with one attached hydrogen (secondary N) is 3. The predicted octanol–water partition coefficient (Wildman–Crippen LogP) is 3.42. The van der Waals surface area contributed by atoms with Crippen LogP contribution in [0.5, 0.6) is 0 Å². The molecule has 2 aromatic carbocycles. The van der Waals surface area contributed by atoms with Gasteiger partial charge in [0.1, 0.15) is 0 Å². The second-order valence-corrected chi connectivity index (χ2v) is 7.58. The third-order valence-electron chi connectivity index (χ3n) is 4.73. The predicted molar refractivity (Wildman–Crippen MR) is 105 cm³/mol. The molecule has 0 saturated heterocycles. The van der Waals surface area contributed by atoms with E-state index in [0.29, 0.717) is 5.56 Å². The van der Waals surface area contributed by atoms with E-state index in [4.69, 9.17) is 0 Å². The normalized spacial score (nSPS) is 13.9. The number of para-hydroxylation sites is 2. The Morgan fingerprint density at radius 2 is 1.85 bits per heavy atom. The highest BCUT2D eigenvalue weighted by Crippen LogP contribution is 2.26. The van der Waals surface area contributed by atoms with Crippen LogP contribution in [-0.4, -0.2) is 21.8 Å². The first-order chi connectivity index (χ1) is 13.2. The van der Waals surface area contributed by atoms with Gasteiger partial charge in [0.2, 0.25) is 5.91 Å². The number of hydrogen-bond donors (Lipinski definition) is 3. The fourth-order valence-corrected chi connectivity index (χ4v) is 3.71. The lowest BCUT2D eigenvalue weighted by atomic mass is 9.85. The van der Waals surface area contributed by atoms with Crippen LogP contribution in [0, 0.1) is 5.92 Å². The van der Waals surface area contributed by atoms with Gasteiger partial charge in [-0.15, -0.1) is 0 Å². The van der Waals surface area contributed by atoms with Gasteiger partial charge in [-0.25, -0.2) is 4.98 Å². The van der Waals surface area contributed by atoms with Crippen molar-refractivity contribution in [2.75, 3.05) is 0 Å². The largest absolute Gasteiger partial charge is 0.333 e. The first-order valence-corrected chi connectivity index (χ1v) is 9.94. The molecule has 0 aliphatic heterocycles. The zero-order valence-corrected chi connectivity index (χ0v) is 15.5. The molecule has 1 aromatic heterocycles. The Bertz CT molecular complexity index is 931. The number of hydrazine groups is 1. The average molecular weight is 380 g/mol. The van der Waals surface area contributed by atoms with Crippen LogP contribution >= 0.6 is 11.8 Å². The molecule has 1 aliphatic rings. The number of amides is 2. The SMILES string of the molecule is O=C(NNC(=O)C1CCC1)c1ccc(CSc2nc3ccccc3[nH]2)cc1. The molecule has 0 spiro atoms. The Kier molecular flexibility index (Phi) is 5.11. The zero-order valence-electron chi connectivity index (χ0n) is 14.7. The van der Waals surface area contributed by atoms with E-state index in [0.717, 1.165) is 46.8 Å². The first-order valence-electron chi connectivity index (χ1n) is 8.96. The number of benzene rings is 2. The summed E-state index contributed by atoms with van der Waals surface area (Å²) in [5.41, 5.74) is 8.57. The van der Waals surface area contributed by atoms with E-state index < -0.39 is 0 Å². The van der Waals surface area contributed by atoms with Gasteiger partial charge in [0, 0.05) is 17.2 Å². The summed E-state index contributed by atoms with van der Waals surface area (Å²) in [7, 11) is 0. The maximum atomic E-state index is 12.1. The minimum Gasteiger partial charge on any atom is -0.333 e. The van der Waals surface area contributed by atoms with Gasteiger partial charge in [-0.05, 0) is 42.7 Å². The molecule has 1 heterocycles. The molecule has 0 unspecified atom stereocenters. The smallest absolute Gasteiger partial charge is 0.269 e. The summed E-state index contributed by atoms with van der Waals surface area (Å²) in [5, 5.41) is 0.872. The highest BCUT2D eigenvalue weighted by atomic mass is 32.2. The Balaban J connectivity index is 1.30. The minimum atomic E-state index is -0.306. The van der Waals surface area contributed by atoms with E-state index >= 15 is 0 Å². The number of thioether (sulfide) groups is 1. The molecule has 2 amide bonds. The zero-order chi connectivity index (χ0) is 18.6. The summed E-state index contributed by atoms with van der Waals surface area (Å²) in [4.78, 5) is 31.7. The van der Waals surface area contributed by atoms with Crippen LogP contribution in [-0.2, 0) is 10.5 Å². The van der Waals surface area contributed by atoms with Gasteiger partial charge in [-0.3, -0.25) is 20.4 Å². The Labute approximate surface area is 161 Å². The minimum absolute atomic E-state index is 0.0444. The fraction of sp³-hybridized carbons (Fsp3) is 0.250. The maximum absolute atomic E-state index is 12.1. The molecule has 1 saturated carbocycles. The van der Waals surface area contributed by atoms with E-state index in [9.17, 15) is 9.59 Å². The van der Waals surface area contributed by atoms with Crippen molar-refractivity contribution in [3.8, 4) is 0 Å². The summed E-state index contributed by atoms with van der Waals surface area (Å²) in [6.45, 7) is 0. The maximum Gasteiger partial charge on any atom is 0.269 e. The molecular weight excluding hydrogens is 360 g/mol. The second-order valence-electron chi connectivity index (χ2n) is 6.62. The van der Waals surface area contributed by atoms with Gasteiger partial charge in [-0.1, -0.05) is 42.4 Å². The number of hydrogen-bond acceptors (Lipinski definition) is 4. The monoisotopic (exact) mass is 380 g/mol. The topological polar surface area (TPSA) is 86.9 Å². The summed E-state index contributed by atoms with van der Waals surface area (Å²) < 4.78 is 0. The summed E-state index contributed by atoms with van der Waals surface area (Å²) in [6, 6.07) is 15.3. The third kappa shape index (κ3) is 4.14. The number of aromatic amines is 1. The van der Waals surface area contributed by atoms with Crippen molar-refractivity contribution in [1.82, 2.24) is 20.8 Å². The van der Waals surface area contributed by atoms with Gasteiger partial charge in [0.15, 0.2) is 5.16 Å². The van der Waals surface area contributed by atoms with Crippen molar-refractivity contribution in [2.45, 2.75) is 30.2 Å². The van der Waals surface area contributed by atoms with Crippen molar-refractivity contribution in [3.63, 3.8) is 0 Å². The number of carbonyl (C=O) groups excluding carboxylic acids is 2. The number of aromatic nitrogens is 2. The molecule has 0 atom stereocenters.